The van der Waals surface area contributed by atoms with Gasteiger partial charge in [-0.2, -0.15) is 0 Å². The molecule has 2 aromatic carbocycles. The van der Waals surface area contributed by atoms with Crippen molar-refractivity contribution >= 4 is 23.1 Å². The highest BCUT2D eigenvalue weighted by Crippen LogP contribution is 2.23. The van der Waals surface area contributed by atoms with Gasteiger partial charge in [0.25, 0.3) is 0 Å². The zero-order valence-corrected chi connectivity index (χ0v) is 16.1. The molecule has 1 N–H and O–H groups in total. The molecule has 0 unspecified atom stereocenters. The fourth-order valence-electron chi connectivity index (χ4n) is 2.59. The average molecular weight is 385 g/mol. The summed E-state index contributed by atoms with van der Waals surface area (Å²) in [7, 11) is 3.07. The SMILES string of the molecule is COc1ccc(CN(C)C(=O)Nc2ccc(-c3csc(C)n3)cc2)cc1F. The van der Waals surface area contributed by atoms with Crippen LogP contribution in [-0.4, -0.2) is 30.1 Å². The van der Waals surface area contributed by atoms with Gasteiger partial charge >= 0.3 is 6.03 Å². The molecule has 0 aliphatic rings. The van der Waals surface area contributed by atoms with Crippen LogP contribution >= 0.6 is 11.3 Å². The maximum Gasteiger partial charge on any atom is 0.321 e. The Balaban J connectivity index is 1.61. The number of aromatic nitrogens is 1. The maximum atomic E-state index is 13.8. The Kier molecular flexibility index (Phi) is 5.71. The molecule has 0 aliphatic heterocycles. The molecular weight excluding hydrogens is 365 g/mol. The number of aryl methyl sites for hydroxylation is 1. The number of nitrogens with zero attached hydrogens (tertiary/aromatic N) is 2. The van der Waals surface area contributed by atoms with Crippen molar-refractivity contribution in [3.63, 3.8) is 0 Å². The number of hydrogen-bond donors (Lipinski definition) is 1. The number of hydrogen-bond acceptors (Lipinski definition) is 4. The number of rotatable bonds is 5. The van der Waals surface area contributed by atoms with Crippen molar-refractivity contribution in [2.24, 2.45) is 0 Å². The van der Waals surface area contributed by atoms with Crippen LogP contribution in [0.5, 0.6) is 5.75 Å². The third-order valence-corrected chi connectivity index (χ3v) is 4.81. The first-order valence-electron chi connectivity index (χ1n) is 8.33. The van der Waals surface area contributed by atoms with Crippen LogP contribution < -0.4 is 10.1 Å². The standard InChI is InChI=1S/C20H20FN3O2S/c1-13-22-18(12-27-13)15-5-7-16(8-6-15)23-20(25)24(2)11-14-4-9-19(26-3)17(21)10-14/h4-10,12H,11H2,1-3H3,(H,23,25). The Morgan fingerprint density at radius 3 is 2.59 bits per heavy atom. The van der Waals surface area contributed by atoms with Gasteiger partial charge in [-0.3, -0.25) is 0 Å². The largest absolute Gasteiger partial charge is 0.494 e. The van der Waals surface area contributed by atoms with Crippen molar-refractivity contribution in [2.75, 3.05) is 19.5 Å². The number of anilines is 1. The summed E-state index contributed by atoms with van der Waals surface area (Å²) in [4.78, 5) is 18.3. The van der Waals surface area contributed by atoms with Gasteiger partial charge in [0.1, 0.15) is 0 Å². The van der Waals surface area contributed by atoms with E-state index in [1.165, 1.54) is 18.1 Å². The second-order valence-electron chi connectivity index (χ2n) is 6.08. The first kappa shape index (κ1) is 18.8. The quantitative estimate of drug-likeness (QED) is 0.677. The molecule has 140 valence electrons. The highest BCUT2D eigenvalue weighted by Gasteiger charge is 2.12. The number of thiazole rings is 1. The number of halogens is 1. The minimum atomic E-state index is -0.448. The molecule has 3 aromatic rings. The van der Waals surface area contributed by atoms with Crippen LogP contribution in [-0.2, 0) is 6.54 Å². The third-order valence-electron chi connectivity index (χ3n) is 4.03. The van der Waals surface area contributed by atoms with Crippen LogP contribution in [0.2, 0.25) is 0 Å². The van der Waals surface area contributed by atoms with Crippen LogP contribution in [0.3, 0.4) is 0 Å². The van der Waals surface area contributed by atoms with Crippen molar-refractivity contribution < 1.29 is 13.9 Å². The Morgan fingerprint density at radius 1 is 1.26 bits per heavy atom. The summed E-state index contributed by atoms with van der Waals surface area (Å²) in [6.45, 7) is 2.25. The van der Waals surface area contributed by atoms with Gasteiger partial charge in [0.2, 0.25) is 0 Å². The van der Waals surface area contributed by atoms with Gasteiger partial charge in [-0.05, 0) is 36.8 Å². The summed E-state index contributed by atoms with van der Waals surface area (Å²) in [6, 6.07) is 11.9. The van der Waals surface area contributed by atoms with Crippen LogP contribution in [0.15, 0.2) is 47.8 Å². The van der Waals surface area contributed by atoms with Crippen LogP contribution in [0.4, 0.5) is 14.9 Å². The second kappa shape index (κ2) is 8.18. The summed E-state index contributed by atoms with van der Waals surface area (Å²) >= 11 is 1.60. The number of benzene rings is 2. The number of carbonyl (C=O) groups is 1. The lowest BCUT2D eigenvalue weighted by Gasteiger charge is -2.18. The minimum absolute atomic E-state index is 0.182. The summed E-state index contributed by atoms with van der Waals surface area (Å²) in [6.07, 6.45) is 0. The first-order valence-corrected chi connectivity index (χ1v) is 9.21. The monoisotopic (exact) mass is 385 g/mol. The molecule has 27 heavy (non-hydrogen) atoms. The van der Waals surface area contributed by atoms with Gasteiger partial charge in [-0.1, -0.05) is 18.2 Å². The number of ether oxygens (including phenoxy) is 1. The van der Waals surface area contributed by atoms with Gasteiger partial charge in [-0.25, -0.2) is 14.2 Å². The maximum absolute atomic E-state index is 13.8. The fraction of sp³-hybridized carbons (Fsp3) is 0.200. The van der Waals surface area contributed by atoms with E-state index in [-0.39, 0.29) is 18.3 Å². The van der Waals surface area contributed by atoms with Crippen LogP contribution in [0, 0.1) is 12.7 Å². The summed E-state index contributed by atoms with van der Waals surface area (Å²) in [5.74, 6) is -0.266. The van der Waals surface area contributed by atoms with E-state index >= 15 is 0 Å². The van der Waals surface area contributed by atoms with Crippen LogP contribution in [0.25, 0.3) is 11.3 Å². The van der Waals surface area contributed by atoms with Gasteiger partial charge in [0.05, 0.1) is 17.8 Å². The molecule has 3 rings (SSSR count). The molecule has 1 heterocycles. The normalized spacial score (nSPS) is 10.5. The average Bonchev–Trinajstić information content (AvgIpc) is 3.09. The van der Waals surface area contributed by atoms with E-state index in [0.29, 0.717) is 11.3 Å². The lowest BCUT2D eigenvalue weighted by molar-refractivity contribution is 0.220. The Bertz CT molecular complexity index is 941. The summed E-state index contributed by atoms with van der Waals surface area (Å²) in [5.41, 5.74) is 3.29. The molecule has 1 aromatic heterocycles. The number of methoxy groups -OCH3 is 1. The van der Waals surface area contributed by atoms with Crippen molar-refractivity contribution in [3.8, 4) is 17.0 Å². The molecule has 0 bridgehead atoms. The zero-order valence-electron chi connectivity index (χ0n) is 15.3. The van der Waals surface area contributed by atoms with Crippen molar-refractivity contribution in [2.45, 2.75) is 13.5 Å². The Morgan fingerprint density at radius 2 is 2.00 bits per heavy atom. The van der Waals surface area contributed by atoms with E-state index in [1.807, 2.05) is 36.6 Å². The Labute approximate surface area is 161 Å². The molecular formula is C20H20FN3O2S. The highest BCUT2D eigenvalue weighted by atomic mass is 32.1. The van der Waals surface area contributed by atoms with E-state index < -0.39 is 5.82 Å². The summed E-state index contributed by atoms with van der Waals surface area (Å²) in [5, 5.41) is 5.85. The third kappa shape index (κ3) is 4.62. The van der Waals surface area contributed by atoms with E-state index in [0.717, 1.165) is 16.3 Å². The minimum Gasteiger partial charge on any atom is -0.494 e. The zero-order chi connectivity index (χ0) is 19.4. The number of nitrogens with one attached hydrogen (secondary N) is 1. The molecule has 0 radical (unpaired) electrons. The predicted octanol–water partition coefficient (Wildman–Crippen LogP) is 4.93. The van der Waals surface area contributed by atoms with Crippen LogP contribution in [0.1, 0.15) is 10.6 Å². The van der Waals surface area contributed by atoms with Gasteiger partial charge < -0.3 is 15.0 Å². The van der Waals surface area contributed by atoms with Gasteiger partial charge in [0.15, 0.2) is 11.6 Å². The molecule has 0 aliphatic carbocycles. The molecule has 7 heteroatoms. The lowest BCUT2D eigenvalue weighted by Crippen LogP contribution is -2.30. The topological polar surface area (TPSA) is 54.5 Å². The Hall–Kier alpha value is -2.93. The second-order valence-corrected chi connectivity index (χ2v) is 7.15. The smallest absolute Gasteiger partial charge is 0.321 e. The lowest BCUT2D eigenvalue weighted by atomic mass is 10.1. The van der Waals surface area contributed by atoms with E-state index in [1.54, 1.807) is 30.5 Å². The first-order chi connectivity index (χ1) is 13.0. The molecule has 0 spiro atoms. The highest BCUT2D eigenvalue weighted by molar-refractivity contribution is 7.09. The number of carbonyl (C=O) groups excluding carboxylic acids is 1. The number of amides is 2. The van der Waals surface area contributed by atoms with E-state index in [9.17, 15) is 9.18 Å². The van der Waals surface area contributed by atoms with Crippen molar-refractivity contribution in [1.29, 1.82) is 0 Å². The molecule has 0 fully saturated rings. The predicted molar refractivity (Wildman–Crippen MR) is 106 cm³/mol. The number of urea groups is 1. The van der Waals surface area contributed by atoms with Gasteiger partial charge in [0, 0.05) is 30.2 Å². The summed E-state index contributed by atoms with van der Waals surface area (Å²) < 4.78 is 18.7. The van der Waals surface area contributed by atoms with E-state index in [2.05, 4.69) is 10.3 Å². The molecule has 0 saturated heterocycles. The van der Waals surface area contributed by atoms with Crippen molar-refractivity contribution in [3.05, 3.63) is 64.2 Å². The van der Waals surface area contributed by atoms with Crippen molar-refractivity contribution in [1.82, 2.24) is 9.88 Å². The van der Waals surface area contributed by atoms with E-state index in [4.69, 9.17) is 4.74 Å². The molecule has 5 nitrogen and oxygen atoms in total. The molecule has 2 amide bonds. The van der Waals surface area contributed by atoms with Gasteiger partial charge in [-0.15, -0.1) is 11.3 Å². The molecule has 0 saturated carbocycles. The molecule has 0 atom stereocenters. The fourth-order valence-corrected chi connectivity index (χ4v) is 3.22.